The molecule has 3 rings (SSSR count). The van der Waals surface area contributed by atoms with Crippen LogP contribution < -0.4 is 5.73 Å². The Kier molecular flexibility index (Phi) is 3.65. The Hall–Kier alpha value is -1.21. The molecule has 5 nitrogen and oxygen atoms in total. The van der Waals surface area contributed by atoms with Gasteiger partial charge in [0.15, 0.2) is 5.82 Å². The first kappa shape index (κ1) is 12.8. The van der Waals surface area contributed by atoms with E-state index in [1.54, 1.807) is 6.07 Å². The van der Waals surface area contributed by atoms with E-state index in [4.69, 9.17) is 10.3 Å². The normalized spacial score (nSPS) is 23.4. The van der Waals surface area contributed by atoms with E-state index in [1.807, 2.05) is 35.7 Å². The highest BCUT2D eigenvalue weighted by atomic mass is 32.2. The number of hydrogen-bond acceptors (Lipinski definition) is 7. The summed E-state index contributed by atoms with van der Waals surface area (Å²) in [7, 11) is 0. The SMILES string of the molecule is CC1SCCSC1c1noc(-c2cccc(N)n2)n1. The molecule has 2 aromatic heterocycles. The number of nitrogens with two attached hydrogens (primary N) is 1. The van der Waals surface area contributed by atoms with Crippen molar-refractivity contribution < 1.29 is 4.52 Å². The van der Waals surface area contributed by atoms with Crippen LogP contribution in [-0.2, 0) is 0 Å². The van der Waals surface area contributed by atoms with Gasteiger partial charge in [0, 0.05) is 16.8 Å². The minimum Gasteiger partial charge on any atom is -0.384 e. The van der Waals surface area contributed by atoms with Crippen LogP contribution >= 0.6 is 23.5 Å². The summed E-state index contributed by atoms with van der Waals surface area (Å²) in [5.74, 6) is 3.95. The lowest BCUT2D eigenvalue weighted by atomic mass is 10.3. The molecule has 0 saturated carbocycles. The zero-order valence-electron chi connectivity index (χ0n) is 10.4. The molecule has 0 aliphatic carbocycles. The summed E-state index contributed by atoms with van der Waals surface area (Å²) in [6.07, 6.45) is 0. The summed E-state index contributed by atoms with van der Waals surface area (Å²) in [6, 6.07) is 5.38. The van der Waals surface area contributed by atoms with Gasteiger partial charge >= 0.3 is 0 Å². The Labute approximate surface area is 119 Å². The summed E-state index contributed by atoms with van der Waals surface area (Å²) in [6.45, 7) is 2.20. The fraction of sp³-hybridized carbons (Fsp3) is 0.417. The molecule has 2 unspecified atom stereocenters. The highest BCUT2D eigenvalue weighted by Gasteiger charge is 2.28. The molecule has 0 aromatic carbocycles. The lowest BCUT2D eigenvalue weighted by molar-refractivity contribution is 0.420. The molecule has 2 N–H and O–H groups in total. The van der Waals surface area contributed by atoms with Crippen molar-refractivity contribution in [3.8, 4) is 11.6 Å². The van der Waals surface area contributed by atoms with E-state index in [-0.39, 0.29) is 5.25 Å². The van der Waals surface area contributed by atoms with Crippen molar-refractivity contribution in [3.05, 3.63) is 24.0 Å². The van der Waals surface area contributed by atoms with Crippen LogP contribution in [0.4, 0.5) is 5.82 Å². The summed E-state index contributed by atoms with van der Waals surface area (Å²) in [4.78, 5) is 8.66. The summed E-state index contributed by atoms with van der Waals surface area (Å²) in [5, 5.41) is 4.88. The van der Waals surface area contributed by atoms with Gasteiger partial charge in [-0.1, -0.05) is 18.1 Å². The second kappa shape index (κ2) is 5.42. The van der Waals surface area contributed by atoms with E-state index in [0.29, 0.717) is 22.7 Å². The second-order valence-corrected chi connectivity index (χ2v) is 7.01. The summed E-state index contributed by atoms with van der Waals surface area (Å²) < 4.78 is 5.31. The molecule has 0 amide bonds. The Balaban J connectivity index is 1.86. The molecular formula is C12H14N4OS2. The average Bonchev–Trinajstić information content (AvgIpc) is 2.89. The maximum atomic E-state index is 5.66. The minimum absolute atomic E-state index is 0.289. The topological polar surface area (TPSA) is 77.8 Å². The number of anilines is 1. The average molecular weight is 294 g/mol. The van der Waals surface area contributed by atoms with Gasteiger partial charge in [0.2, 0.25) is 0 Å². The van der Waals surface area contributed by atoms with Gasteiger partial charge in [0.1, 0.15) is 11.5 Å². The number of aromatic nitrogens is 3. The van der Waals surface area contributed by atoms with Crippen molar-refractivity contribution in [3.63, 3.8) is 0 Å². The maximum Gasteiger partial charge on any atom is 0.276 e. The third-order valence-corrected chi connectivity index (χ3v) is 5.96. The van der Waals surface area contributed by atoms with E-state index >= 15 is 0 Å². The van der Waals surface area contributed by atoms with Crippen molar-refractivity contribution in [2.24, 2.45) is 0 Å². The molecule has 7 heteroatoms. The van der Waals surface area contributed by atoms with Crippen LogP contribution in [0.15, 0.2) is 22.7 Å². The van der Waals surface area contributed by atoms with Gasteiger partial charge in [-0.2, -0.15) is 16.7 Å². The van der Waals surface area contributed by atoms with E-state index in [9.17, 15) is 0 Å². The zero-order valence-corrected chi connectivity index (χ0v) is 12.1. The van der Waals surface area contributed by atoms with Crippen LogP contribution in [0.2, 0.25) is 0 Å². The molecule has 2 aromatic rings. The van der Waals surface area contributed by atoms with Gasteiger partial charge in [-0.15, -0.1) is 11.8 Å². The van der Waals surface area contributed by atoms with Crippen molar-refractivity contribution >= 4 is 29.3 Å². The molecule has 1 fully saturated rings. The van der Waals surface area contributed by atoms with Crippen LogP contribution in [0.3, 0.4) is 0 Å². The molecule has 1 aliphatic heterocycles. The molecule has 1 saturated heterocycles. The fourth-order valence-corrected chi connectivity index (χ4v) is 4.62. The maximum absolute atomic E-state index is 5.66. The number of rotatable bonds is 2. The van der Waals surface area contributed by atoms with Crippen LogP contribution in [0, 0.1) is 0 Å². The minimum atomic E-state index is 0.289. The van der Waals surface area contributed by atoms with Gasteiger partial charge in [-0.25, -0.2) is 4.98 Å². The Morgan fingerprint density at radius 1 is 1.26 bits per heavy atom. The second-order valence-electron chi connectivity index (χ2n) is 4.27. The monoisotopic (exact) mass is 294 g/mol. The molecular weight excluding hydrogens is 280 g/mol. The van der Waals surface area contributed by atoms with Crippen LogP contribution in [0.25, 0.3) is 11.6 Å². The molecule has 19 heavy (non-hydrogen) atoms. The first-order valence-corrected chi connectivity index (χ1v) is 8.13. The lowest BCUT2D eigenvalue weighted by Gasteiger charge is -2.24. The molecule has 3 heterocycles. The van der Waals surface area contributed by atoms with E-state index in [1.165, 1.54) is 5.75 Å². The molecule has 0 bridgehead atoms. The van der Waals surface area contributed by atoms with Gasteiger partial charge in [0.25, 0.3) is 5.89 Å². The van der Waals surface area contributed by atoms with Gasteiger partial charge in [-0.05, 0) is 12.1 Å². The standard InChI is InChI=1S/C12H14N4OS2/c1-7-10(19-6-5-18-7)11-15-12(17-16-11)8-3-2-4-9(13)14-8/h2-4,7,10H,5-6H2,1H3,(H2,13,14). The smallest absolute Gasteiger partial charge is 0.276 e. The van der Waals surface area contributed by atoms with E-state index < -0.39 is 0 Å². The van der Waals surface area contributed by atoms with Gasteiger partial charge < -0.3 is 10.3 Å². The number of nitrogens with zero attached hydrogens (tertiary/aromatic N) is 3. The first-order chi connectivity index (χ1) is 9.24. The predicted octanol–water partition coefficient (Wildman–Crippen LogP) is 2.62. The number of nitrogen functional groups attached to an aromatic ring is 1. The molecule has 0 radical (unpaired) electrons. The Morgan fingerprint density at radius 3 is 2.89 bits per heavy atom. The van der Waals surface area contributed by atoms with Gasteiger partial charge in [-0.3, -0.25) is 0 Å². The van der Waals surface area contributed by atoms with Crippen molar-refractivity contribution in [2.45, 2.75) is 17.4 Å². The Morgan fingerprint density at radius 2 is 2.11 bits per heavy atom. The quantitative estimate of drug-likeness (QED) is 0.912. The molecule has 100 valence electrons. The highest BCUT2D eigenvalue weighted by molar-refractivity contribution is 8.06. The van der Waals surface area contributed by atoms with Crippen molar-refractivity contribution in [1.29, 1.82) is 0 Å². The lowest BCUT2D eigenvalue weighted by Crippen LogP contribution is -2.16. The zero-order chi connectivity index (χ0) is 13.2. The predicted molar refractivity (Wildman–Crippen MR) is 79.1 cm³/mol. The first-order valence-electron chi connectivity index (χ1n) is 6.04. The fourth-order valence-electron chi connectivity index (χ4n) is 1.94. The number of hydrogen-bond donors (Lipinski definition) is 1. The molecule has 1 aliphatic rings. The summed E-state index contributed by atoms with van der Waals surface area (Å²) in [5.41, 5.74) is 6.28. The largest absolute Gasteiger partial charge is 0.384 e. The Bertz CT molecular complexity index is 574. The van der Waals surface area contributed by atoms with Crippen LogP contribution in [0.5, 0.6) is 0 Å². The van der Waals surface area contributed by atoms with Crippen LogP contribution in [0.1, 0.15) is 18.0 Å². The van der Waals surface area contributed by atoms with Crippen molar-refractivity contribution in [2.75, 3.05) is 17.2 Å². The molecule has 2 atom stereocenters. The highest BCUT2D eigenvalue weighted by Crippen LogP contribution is 2.41. The number of pyridine rings is 1. The van der Waals surface area contributed by atoms with Crippen molar-refractivity contribution in [1.82, 2.24) is 15.1 Å². The third-order valence-electron chi connectivity index (χ3n) is 2.87. The van der Waals surface area contributed by atoms with E-state index in [2.05, 4.69) is 22.0 Å². The molecule has 0 spiro atoms. The number of thioether (sulfide) groups is 2. The third kappa shape index (κ3) is 2.71. The summed E-state index contributed by atoms with van der Waals surface area (Å²) >= 11 is 3.84. The van der Waals surface area contributed by atoms with E-state index in [0.717, 1.165) is 11.6 Å². The van der Waals surface area contributed by atoms with Gasteiger partial charge in [0.05, 0.1) is 5.25 Å². The van der Waals surface area contributed by atoms with Crippen LogP contribution in [-0.4, -0.2) is 31.9 Å².